The van der Waals surface area contributed by atoms with E-state index in [9.17, 15) is 0 Å². The molecule has 3 rings (SSSR count). The van der Waals surface area contributed by atoms with Gasteiger partial charge in [0, 0.05) is 0 Å². The van der Waals surface area contributed by atoms with Gasteiger partial charge in [0.2, 0.25) is 5.95 Å². The van der Waals surface area contributed by atoms with Crippen molar-refractivity contribution < 1.29 is 9.47 Å². The van der Waals surface area contributed by atoms with Crippen molar-refractivity contribution in [2.45, 2.75) is 26.2 Å². The number of para-hydroxylation sites is 1. The van der Waals surface area contributed by atoms with Gasteiger partial charge in [-0.05, 0) is 30.9 Å². The largest absolute Gasteiger partial charge is 0.493 e. The fraction of sp³-hybridized carbons (Fsp3) is 0.400. The summed E-state index contributed by atoms with van der Waals surface area (Å²) < 4.78 is 11.2. The second-order valence-corrected chi connectivity index (χ2v) is 4.89. The van der Waals surface area contributed by atoms with Crippen LogP contribution in [0.2, 0.25) is 0 Å². The Balaban J connectivity index is 2.02. The van der Waals surface area contributed by atoms with Crippen molar-refractivity contribution in [2.24, 2.45) is 0 Å². The third kappa shape index (κ3) is 2.89. The smallest absolute Gasteiger partial charge is 0.321 e. The van der Waals surface area contributed by atoms with E-state index in [1.165, 1.54) is 5.56 Å². The first-order valence-corrected chi connectivity index (χ1v) is 7.17. The summed E-state index contributed by atoms with van der Waals surface area (Å²) in [6.07, 6.45) is 2.91. The number of aromatic nitrogens is 3. The number of hydrogen-bond donors (Lipinski definition) is 1. The molecule has 0 saturated heterocycles. The summed E-state index contributed by atoms with van der Waals surface area (Å²) in [5, 5.41) is 0. The fourth-order valence-electron chi connectivity index (χ4n) is 2.32. The van der Waals surface area contributed by atoms with E-state index in [0.29, 0.717) is 19.0 Å². The minimum atomic E-state index is 0.152. The first-order chi connectivity index (χ1) is 10.3. The molecule has 0 unspecified atom stereocenters. The summed E-state index contributed by atoms with van der Waals surface area (Å²) in [5.74, 6) is 1.49. The predicted molar refractivity (Wildman–Crippen MR) is 79.3 cm³/mol. The summed E-state index contributed by atoms with van der Waals surface area (Å²) in [6, 6.07) is 6.24. The Morgan fingerprint density at radius 1 is 1.29 bits per heavy atom. The molecule has 6 nitrogen and oxygen atoms in total. The van der Waals surface area contributed by atoms with E-state index in [-0.39, 0.29) is 12.0 Å². The van der Waals surface area contributed by atoms with Crippen molar-refractivity contribution in [3.8, 4) is 23.1 Å². The molecular weight excluding hydrogens is 268 g/mol. The van der Waals surface area contributed by atoms with E-state index in [4.69, 9.17) is 15.2 Å². The first kappa shape index (κ1) is 13.6. The molecule has 0 spiro atoms. The highest BCUT2D eigenvalue weighted by Gasteiger charge is 2.18. The summed E-state index contributed by atoms with van der Waals surface area (Å²) >= 11 is 0. The van der Waals surface area contributed by atoms with E-state index in [1.54, 1.807) is 0 Å². The lowest BCUT2D eigenvalue weighted by Gasteiger charge is -2.19. The van der Waals surface area contributed by atoms with Gasteiger partial charge in [0.15, 0.2) is 5.82 Å². The average Bonchev–Trinajstić information content (AvgIpc) is 2.52. The van der Waals surface area contributed by atoms with Crippen molar-refractivity contribution in [2.75, 3.05) is 18.9 Å². The second-order valence-electron chi connectivity index (χ2n) is 4.89. The van der Waals surface area contributed by atoms with Crippen LogP contribution in [0.1, 0.15) is 25.3 Å². The Labute approximate surface area is 123 Å². The Morgan fingerprint density at radius 2 is 2.19 bits per heavy atom. The van der Waals surface area contributed by atoms with E-state index >= 15 is 0 Å². The summed E-state index contributed by atoms with van der Waals surface area (Å²) in [7, 11) is 0. The zero-order valence-corrected chi connectivity index (χ0v) is 12.0. The van der Waals surface area contributed by atoms with Crippen molar-refractivity contribution in [1.82, 2.24) is 15.0 Å². The molecular formula is C15H18N4O2. The zero-order valence-electron chi connectivity index (χ0n) is 12.0. The highest BCUT2D eigenvalue weighted by molar-refractivity contribution is 5.67. The standard InChI is InChI=1S/C15H18N4O2/c1-2-8-21-15-18-13(17-14(16)19-15)11-7-3-5-10-6-4-9-20-12(10)11/h3,5,7H,2,4,6,8-9H2,1H3,(H2,16,17,18,19). The Morgan fingerprint density at radius 3 is 3.05 bits per heavy atom. The molecule has 0 atom stereocenters. The molecule has 1 aliphatic heterocycles. The third-order valence-corrected chi connectivity index (χ3v) is 3.24. The van der Waals surface area contributed by atoms with Crippen LogP contribution in [0.15, 0.2) is 18.2 Å². The van der Waals surface area contributed by atoms with Gasteiger partial charge < -0.3 is 15.2 Å². The van der Waals surface area contributed by atoms with Gasteiger partial charge in [-0.2, -0.15) is 15.0 Å². The normalized spacial score (nSPS) is 13.4. The first-order valence-electron chi connectivity index (χ1n) is 7.17. The number of nitrogens with zero attached hydrogens (tertiary/aromatic N) is 3. The molecule has 0 amide bonds. The van der Waals surface area contributed by atoms with Crippen LogP contribution in [0.4, 0.5) is 5.95 Å². The van der Waals surface area contributed by atoms with E-state index in [0.717, 1.165) is 30.6 Å². The lowest BCUT2D eigenvalue weighted by Crippen LogP contribution is -2.11. The molecule has 2 N–H and O–H groups in total. The second kappa shape index (κ2) is 5.95. The van der Waals surface area contributed by atoms with Crippen LogP contribution in [0.3, 0.4) is 0 Å². The van der Waals surface area contributed by atoms with Crippen LogP contribution in [0.5, 0.6) is 11.8 Å². The van der Waals surface area contributed by atoms with Gasteiger partial charge >= 0.3 is 6.01 Å². The molecule has 6 heteroatoms. The molecule has 0 saturated carbocycles. The van der Waals surface area contributed by atoms with Crippen LogP contribution < -0.4 is 15.2 Å². The number of nitrogens with two attached hydrogens (primary N) is 1. The molecule has 0 fully saturated rings. The number of anilines is 1. The third-order valence-electron chi connectivity index (χ3n) is 3.24. The van der Waals surface area contributed by atoms with Gasteiger partial charge in [0.05, 0.1) is 18.8 Å². The van der Waals surface area contributed by atoms with Gasteiger partial charge in [0.25, 0.3) is 0 Å². The Bertz CT molecular complexity index is 646. The minimum absolute atomic E-state index is 0.152. The van der Waals surface area contributed by atoms with E-state index < -0.39 is 0 Å². The maximum atomic E-state index is 5.79. The van der Waals surface area contributed by atoms with Crippen LogP contribution in [0, 0.1) is 0 Å². The molecule has 1 aliphatic rings. The van der Waals surface area contributed by atoms with Gasteiger partial charge in [-0.3, -0.25) is 0 Å². The van der Waals surface area contributed by atoms with Gasteiger partial charge in [0.1, 0.15) is 5.75 Å². The predicted octanol–water partition coefficient (Wildman–Crippen LogP) is 2.23. The van der Waals surface area contributed by atoms with E-state index in [1.807, 2.05) is 19.1 Å². The SMILES string of the molecule is CCCOc1nc(N)nc(-c2cccc3c2OCCC3)n1. The van der Waals surface area contributed by atoms with Crippen LogP contribution in [0.25, 0.3) is 11.4 Å². The van der Waals surface area contributed by atoms with Crippen LogP contribution in [-0.4, -0.2) is 28.2 Å². The van der Waals surface area contributed by atoms with Crippen LogP contribution >= 0.6 is 0 Å². The van der Waals surface area contributed by atoms with Crippen molar-refractivity contribution >= 4 is 5.95 Å². The number of nitrogen functional groups attached to an aromatic ring is 1. The quantitative estimate of drug-likeness (QED) is 0.928. The summed E-state index contributed by atoms with van der Waals surface area (Å²) in [5.41, 5.74) is 7.77. The van der Waals surface area contributed by atoms with Gasteiger partial charge in [-0.15, -0.1) is 0 Å². The van der Waals surface area contributed by atoms with Crippen molar-refractivity contribution in [1.29, 1.82) is 0 Å². The van der Waals surface area contributed by atoms with E-state index in [2.05, 4.69) is 21.0 Å². The molecule has 0 aliphatic carbocycles. The summed E-state index contributed by atoms with van der Waals surface area (Å²) in [6.45, 7) is 3.28. The average molecular weight is 286 g/mol. The Kier molecular flexibility index (Phi) is 3.85. The summed E-state index contributed by atoms with van der Waals surface area (Å²) in [4.78, 5) is 12.6. The lowest BCUT2D eigenvalue weighted by atomic mass is 10.0. The number of ether oxygens (including phenoxy) is 2. The van der Waals surface area contributed by atoms with Crippen LogP contribution in [-0.2, 0) is 6.42 Å². The van der Waals surface area contributed by atoms with Crippen molar-refractivity contribution in [3.05, 3.63) is 23.8 Å². The molecule has 110 valence electrons. The van der Waals surface area contributed by atoms with Gasteiger partial charge in [-0.1, -0.05) is 19.1 Å². The van der Waals surface area contributed by atoms with Gasteiger partial charge in [-0.25, -0.2) is 0 Å². The molecule has 0 bridgehead atoms. The molecule has 1 aromatic heterocycles. The highest BCUT2D eigenvalue weighted by atomic mass is 16.5. The number of hydrogen-bond acceptors (Lipinski definition) is 6. The fourth-order valence-corrected chi connectivity index (χ4v) is 2.32. The molecule has 1 aromatic carbocycles. The highest BCUT2D eigenvalue weighted by Crippen LogP contribution is 2.35. The number of benzene rings is 1. The maximum absolute atomic E-state index is 5.79. The number of aryl methyl sites for hydroxylation is 1. The molecule has 2 aromatic rings. The molecule has 2 heterocycles. The maximum Gasteiger partial charge on any atom is 0.321 e. The molecule has 21 heavy (non-hydrogen) atoms. The topological polar surface area (TPSA) is 83.2 Å². The lowest BCUT2D eigenvalue weighted by molar-refractivity contribution is 0.288. The molecule has 0 radical (unpaired) electrons. The monoisotopic (exact) mass is 286 g/mol. The number of fused-ring (bicyclic) bond motifs is 1. The van der Waals surface area contributed by atoms with Crippen molar-refractivity contribution in [3.63, 3.8) is 0 Å². The number of rotatable bonds is 4. The Hall–Kier alpha value is -2.37. The zero-order chi connectivity index (χ0) is 14.7. The minimum Gasteiger partial charge on any atom is -0.493 e.